The van der Waals surface area contributed by atoms with Gasteiger partial charge in [-0.05, 0) is 13.0 Å². The van der Waals surface area contributed by atoms with Gasteiger partial charge in [0, 0.05) is 10.9 Å². The van der Waals surface area contributed by atoms with Crippen molar-refractivity contribution in [2.24, 2.45) is 0 Å². The zero-order chi connectivity index (χ0) is 10.3. The second-order valence-electron chi connectivity index (χ2n) is 2.85. The number of hydrogen-bond acceptors (Lipinski definition) is 3. The fourth-order valence-electron chi connectivity index (χ4n) is 1.34. The Morgan fingerprint density at radius 1 is 1.50 bits per heavy atom. The molecule has 0 bridgehead atoms. The van der Waals surface area contributed by atoms with E-state index in [9.17, 15) is 4.39 Å². The number of fused-ring (bicyclic) bond motifs is 1. The molecule has 2 nitrogen and oxygen atoms in total. The van der Waals surface area contributed by atoms with Crippen molar-refractivity contribution in [3.05, 3.63) is 29.1 Å². The molecule has 0 atom stereocenters. The lowest BCUT2D eigenvalue weighted by Gasteiger charge is -1.91. The van der Waals surface area contributed by atoms with Gasteiger partial charge >= 0.3 is 0 Å². The van der Waals surface area contributed by atoms with Crippen LogP contribution in [0.15, 0.2) is 0 Å². The summed E-state index contributed by atoms with van der Waals surface area (Å²) in [7, 11) is 0. The van der Waals surface area contributed by atoms with Crippen LogP contribution < -0.4 is 5.73 Å². The van der Waals surface area contributed by atoms with Gasteiger partial charge in [0.1, 0.15) is 11.1 Å². The third kappa shape index (κ3) is 1.02. The Morgan fingerprint density at radius 2 is 2.21 bits per heavy atom. The number of nitrogen functional groups attached to an aromatic ring is 1. The number of nitriles is 1. The van der Waals surface area contributed by atoms with Gasteiger partial charge in [-0.2, -0.15) is 9.65 Å². The van der Waals surface area contributed by atoms with E-state index in [0.29, 0.717) is 26.2 Å². The number of rotatable bonds is 0. The Hall–Kier alpha value is -1.78. The second kappa shape index (κ2) is 2.87. The normalized spacial score (nSPS) is 9.79. The van der Waals surface area contributed by atoms with Crippen molar-refractivity contribution in [1.29, 1.82) is 5.26 Å². The highest BCUT2D eigenvalue weighted by atomic mass is 32.1. The Bertz CT molecular complexity index is 551. The van der Waals surface area contributed by atoms with E-state index in [4.69, 9.17) is 11.0 Å². The minimum atomic E-state index is -0.496. The molecule has 0 amide bonds. The molecule has 2 N–H and O–H groups in total. The molecule has 0 unspecified atom stereocenters. The van der Waals surface area contributed by atoms with Crippen LogP contribution in [0.5, 0.6) is 0 Å². The van der Waals surface area contributed by atoms with Gasteiger partial charge in [-0.3, -0.25) is 0 Å². The maximum absolute atomic E-state index is 13.3. The number of anilines is 1. The number of thiophene rings is 1. The van der Waals surface area contributed by atoms with Crippen LogP contribution in [0.2, 0.25) is 0 Å². The lowest BCUT2D eigenvalue weighted by atomic mass is 10.1. The number of nitrogens with zero attached hydrogens (tertiary/aromatic N) is 1. The largest absolute Gasteiger partial charge is 0.389 e. The SMILES string of the molecule is Cc1c#cc(F)c2sc(N)c(C#N)c12. The molecule has 0 radical (unpaired) electrons. The molecule has 1 aromatic carbocycles. The quantitative estimate of drug-likeness (QED) is 0.716. The highest BCUT2D eigenvalue weighted by molar-refractivity contribution is 7.23. The standard InChI is InChI=1S/C10H5FN2S/c1-5-2-3-7(11)9-8(5)6(4-12)10(13)14-9/h13H2,1H3. The lowest BCUT2D eigenvalue weighted by molar-refractivity contribution is 0.642. The molecule has 4 heteroatoms. The number of halogens is 1. The summed E-state index contributed by atoms with van der Waals surface area (Å²) in [5, 5.41) is 9.76. The van der Waals surface area contributed by atoms with E-state index in [2.05, 4.69) is 12.1 Å². The minimum Gasteiger partial charge on any atom is -0.389 e. The van der Waals surface area contributed by atoms with E-state index in [-0.39, 0.29) is 0 Å². The van der Waals surface area contributed by atoms with Crippen molar-refractivity contribution >= 4 is 26.4 Å². The van der Waals surface area contributed by atoms with Gasteiger partial charge in [0.2, 0.25) is 0 Å². The summed E-state index contributed by atoms with van der Waals surface area (Å²) in [4.78, 5) is 0. The van der Waals surface area contributed by atoms with Crippen molar-refractivity contribution in [3.63, 3.8) is 0 Å². The average molecular weight is 204 g/mol. The molecule has 68 valence electrons. The maximum atomic E-state index is 13.3. The fraction of sp³-hybridized carbons (Fsp3) is 0.100. The van der Waals surface area contributed by atoms with Crippen molar-refractivity contribution in [1.82, 2.24) is 0 Å². The average Bonchev–Trinajstić information content (AvgIpc) is 2.50. The van der Waals surface area contributed by atoms with Gasteiger partial charge < -0.3 is 5.73 Å². The summed E-state index contributed by atoms with van der Waals surface area (Å²) >= 11 is 1.07. The molecular formula is C10H5FN2S. The van der Waals surface area contributed by atoms with Gasteiger partial charge in [0.05, 0.1) is 10.3 Å². The third-order valence-electron chi connectivity index (χ3n) is 1.98. The first-order valence-electron chi connectivity index (χ1n) is 3.86. The van der Waals surface area contributed by atoms with Crippen LogP contribution in [0.25, 0.3) is 10.1 Å². The highest BCUT2D eigenvalue weighted by Gasteiger charge is 2.14. The zero-order valence-corrected chi connectivity index (χ0v) is 8.13. The number of hydrogen-bond donors (Lipinski definition) is 1. The van der Waals surface area contributed by atoms with E-state index < -0.39 is 5.82 Å². The second-order valence-corrected chi connectivity index (χ2v) is 3.90. The summed E-state index contributed by atoms with van der Waals surface area (Å²) in [5.41, 5.74) is 6.64. The van der Waals surface area contributed by atoms with E-state index in [1.165, 1.54) is 0 Å². The number of aryl methyl sites for hydroxylation is 1. The van der Waals surface area contributed by atoms with Crippen molar-refractivity contribution in [2.75, 3.05) is 5.73 Å². The molecule has 1 aromatic heterocycles. The zero-order valence-electron chi connectivity index (χ0n) is 7.31. The van der Waals surface area contributed by atoms with E-state index in [0.717, 1.165) is 11.3 Å². The van der Waals surface area contributed by atoms with E-state index in [1.54, 1.807) is 6.92 Å². The lowest BCUT2D eigenvalue weighted by Crippen LogP contribution is -1.83. The first-order chi connectivity index (χ1) is 6.65. The topological polar surface area (TPSA) is 49.8 Å². The maximum Gasteiger partial charge on any atom is 0.191 e. The highest BCUT2D eigenvalue weighted by Crippen LogP contribution is 2.35. The van der Waals surface area contributed by atoms with Crippen LogP contribution in [0.4, 0.5) is 9.39 Å². The van der Waals surface area contributed by atoms with Gasteiger partial charge in [0.25, 0.3) is 0 Å². The molecule has 2 aromatic rings. The first-order valence-corrected chi connectivity index (χ1v) is 4.68. The number of nitrogens with two attached hydrogens (primary N) is 1. The van der Waals surface area contributed by atoms with E-state index >= 15 is 0 Å². The van der Waals surface area contributed by atoms with Crippen molar-refractivity contribution < 1.29 is 4.39 Å². The summed E-state index contributed by atoms with van der Waals surface area (Å²) in [6, 6.07) is 6.96. The molecule has 0 aliphatic heterocycles. The Labute approximate surface area is 84.4 Å². The Balaban J connectivity index is 3.03. The summed E-state index contributed by atoms with van der Waals surface area (Å²) in [6.45, 7) is 1.76. The van der Waals surface area contributed by atoms with Crippen LogP contribution in [-0.4, -0.2) is 0 Å². The molecular weight excluding hydrogens is 199 g/mol. The van der Waals surface area contributed by atoms with Gasteiger partial charge in [-0.25, -0.2) is 0 Å². The monoisotopic (exact) mass is 204 g/mol. The fourth-order valence-corrected chi connectivity index (χ4v) is 2.31. The van der Waals surface area contributed by atoms with E-state index in [1.807, 2.05) is 6.07 Å². The van der Waals surface area contributed by atoms with Gasteiger partial charge in [0.15, 0.2) is 5.82 Å². The molecule has 0 saturated heterocycles. The molecule has 0 aliphatic rings. The van der Waals surface area contributed by atoms with Crippen LogP contribution in [0.1, 0.15) is 11.1 Å². The minimum absolute atomic E-state index is 0.339. The van der Waals surface area contributed by atoms with Crippen LogP contribution in [0, 0.1) is 36.2 Å². The molecule has 0 aliphatic carbocycles. The van der Waals surface area contributed by atoms with Crippen LogP contribution in [0.3, 0.4) is 0 Å². The summed E-state index contributed by atoms with van der Waals surface area (Å²) < 4.78 is 13.6. The molecule has 2 rings (SSSR count). The van der Waals surface area contributed by atoms with Crippen LogP contribution >= 0.6 is 11.3 Å². The van der Waals surface area contributed by atoms with Crippen molar-refractivity contribution in [3.8, 4) is 6.07 Å². The van der Waals surface area contributed by atoms with Crippen LogP contribution in [-0.2, 0) is 0 Å². The summed E-state index contributed by atoms with van der Waals surface area (Å²) in [5.74, 6) is -0.496. The Morgan fingerprint density at radius 3 is 2.86 bits per heavy atom. The predicted octanol–water partition coefficient (Wildman–Crippen LogP) is 2.40. The molecule has 14 heavy (non-hydrogen) atoms. The van der Waals surface area contributed by atoms with Crippen molar-refractivity contribution in [2.45, 2.75) is 6.92 Å². The molecule has 0 fully saturated rings. The molecule has 0 saturated carbocycles. The third-order valence-corrected chi connectivity index (χ3v) is 2.99. The molecule has 1 heterocycles. The predicted molar refractivity (Wildman–Crippen MR) is 53.3 cm³/mol. The first kappa shape index (κ1) is 8.80. The van der Waals surface area contributed by atoms with Gasteiger partial charge in [-0.15, -0.1) is 11.3 Å². The smallest absolute Gasteiger partial charge is 0.191 e. The Kier molecular flexibility index (Phi) is 1.80. The van der Waals surface area contributed by atoms with Gasteiger partial charge in [-0.1, -0.05) is 6.07 Å². The summed E-state index contributed by atoms with van der Waals surface area (Å²) in [6.07, 6.45) is 0. The molecule has 0 spiro atoms.